The van der Waals surface area contributed by atoms with Gasteiger partial charge in [0.1, 0.15) is 5.65 Å². The van der Waals surface area contributed by atoms with Crippen LogP contribution in [0.15, 0.2) is 24.4 Å². The van der Waals surface area contributed by atoms with E-state index < -0.39 is 0 Å². The fraction of sp³-hybridized carbons (Fsp3) is 0.300. The van der Waals surface area contributed by atoms with Crippen molar-refractivity contribution in [1.29, 1.82) is 0 Å². The molecule has 2 aromatic heterocycles. The first-order valence-electron chi connectivity index (χ1n) is 4.51. The second-order valence-electron chi connectivity index (χ2n) is 2.99. The van der Waals surface area contributed by atoms with E-state index >= 15 is 0 Å². The number of imidazole rings is 1. The van der Waals surface area contributed by atoms with E-state index in [-0.39, 0.29) is 0 Å². The maximum Gasteiger partial charge on any atom is 0.137 e. The van der Waals surface area contributed by atoms with Crippen LogP contribution in [0.25, 0.3) is 5.65 Å². The highest BCUT2D eigenvalue weighted by atomic mass is 15.0. The number of pyridine rings is 1. The summed E-state index contributed by atoms with van der Waals surface area (Å²) in [5.74, 6) is 0. The molecule has 2 heterocycles. The van der Waals surface area contributed by atoms with Gasteiger partial charge >= 0.3 is 0 Å². The summed E-state index contributed by atoms with van der Waals surface area (Å²) in [5, 5.41) is 0. The lowest BCUT2D eigenvalue weighted by Gasteiger charge is -1.98. The summed E-state index contributed by atoms with van der Waals surface area (Å²) in [5.41, 5.74) is 8.83. The molecule has 0 amide bonds. The molecule has 2 aromatic rings. The van der Waals surface area contributed by atoms with Gasteiger partial charge in [0.15, 0.2) is 0 Å². The Kier molecular flexibility index (Phi) is 2.02. The zero-order valence-corrected chi connectivity index (χ0v) is 7.70. The summed E-state index contributed by atoms with van der Waals surface area (Å²) < 4.78 is 2.10. The zero-order chi connectivity index (χ0) is 9.26. The largest absolute Gasteiger partial charge is 0.325 e. The number of nitrogens with two attached hydrogens (primary N) is 1. The molecule has 0 saturated heterocycles. The van der Waals surface area contributed by atoms with E-state index in [9.17, 15) is 0 Å². The normalized spacial score (nSPS) is 10.9. The quantitative estimate of drug-likeness (QED) is 0.748. The summed E-state index contributed by atoms with van der Waals surface area (Å²) in [6.45, 7) is 2.64. The predicted molar refractivity (Wildman–Crippen MR) is 52.5 cm³/mol. The van der Waals surface area contributed by atoms with Gasteiger partial charge in [-0.25, -0.2) is 4.98 Å². The third-order valence-corrected chi connectivity index (χ3v) is 2.24. The van der Waals surface area contributed by atoms with E-state index in [1.807, 2.05) is 24.4 Å². The number of nitrogens with zero attached hydrogens (tertiary/aromatic N) is 2. The first-order chi connectivity index (χ1) is 6.36. The summed E-state index contributed by atoms with van der Waals surface area (Å²) in [6, 6.07) is 5.99. The van der Waals surface area contributed by atoms with Crippen molar-refractivity contribution in [2.45, 2.75) is 19.9 Å². The first kappa shape index (κ1) is 8.26. The molecule has 3 heteroatoms. The van der Waals surface area contributed by atoms with E-state index in [2.05, 4.69) is 16.3 Å². The van der Waals surface area contributed by atoms with Crippen molar-refractivity contribution in [1.82, 2.24) is 9.38 Å². The molecule has 0 saturated carbocycles. The van der Waals surface area contributed by atoms with Gasteiger partial charge in [0.2, 0.25) is 0 Å². The number of rotatable bonds is 2. The molecule has 2 rings (SSSR count). The Hall–Kier alpha value is -1.35. The molecule has 2 N–H and O–H groups in total. The Bertz CT molecular complexity index is 417. The van der Waals surface area contributed by atoms with Crippen molar-refractivity contribution in [3.63, 3.8) is 0 Å². The lowest BCUT2D eigenvalue weighted by atomic mass is 10.2. The maximum atomic E-state index is 5.61. The summed E-state index contributed by atoms with van der Waals surface area (Å²) >= 11 is 0. The fourth-order valence-electron chi connectivity index (χ4n) is 1.63. The number of hydrogen-bond donors (Lipinski definition) is 1. The number of fused-ring (bicyclic) bond motifs is 1. The van der Waals surface area contributed by atoms with Crippen molar-refractivity contribution >= 4 is 5.65 Å². The molecular weight excluding hydrogens is 162 g/mol. The van der Waals surface area contributed by atoms with Crippen LogP contribution in [0.2, 0.25) is 0 Å². The Balaban J connectivity index is 2.73. The molecule has 0 bridgehead atoms. The lowest BCUT2D eigenvalue weighted by Crippen LogP contribution is -2.01. The molecule has 0 aliphatic rings. The van der Waals surface area contributed by atoms with Crippen LogP contribution in [-0.2, 0) is 13.0 Å². The van der Waals surface area contributed by atoms with E-state index in [1.54, 1.807) is 0 Å². The summed E-state index contributed by atoms with van der Waals surface area (Å²) in [4.78, 5) is 4.44. The number of hydrogen-bond acceptors (Lipinski definition) is 2. The van der Waals surface area contributed by atoms with Gasteiger partial charge in [-0.3, -0.25) is 0 Å². The molecule has 0 spiro atoms. The lowest BCUT2D eigenvalue weighted by molar-refractivity contribution is 0.925. The molecule has 0 aliphatic carbocycles. The Labute approximate surface area is 77.2 Å². The SMILES string of the molecule is CCc1c(CN)nc2ccccn12. The topological polar surface area (TPSA) is 43.3 Å². The van der Waals surface area contributed by atoms with E-state index in [4.69, 9.17) is 5.73 Å². The van der Waals surface area contributed by atoms with E-state index in [0.29, 0.717) is 6.54 Å². The highest BCUT2D eigenvalue weighted by Gasteiger charge is 2.07. The third kappa shape index (κ3) is 1.21. The highest BCUT2D eigenvalue weighted by Crippen LogP contribution is 2.12. The summed E-state index contributed by atoms with van der Waals surface area (Å²) in [7, 11) is 0. The van der Waals surface area contributed by atoms with Gasteiger partial charge in [0.05, 0.1) is 5.69 Å². The van der Waals surface area contributed by atoms with Crippen molar-refractivity contribution in [2.75, 3.05) is 0 Å². The van der Waals surface area contributed by atoms with Crippen molar-refractivity contribution in [3.05, 3.63) is 35.8 Å². The van der Waals surface area contributed by atoms with Gasteiger partial charge in [-0.05, 0) is 18.6 Å². The van der Waals surface area contributed by atoms with Crippen LogP contribution in [0.1, 0.15) is 18.3 Å². The van der Waals surface area contributed by atoms with E-state index in [1.165, 1.54) is 5.69 Å². The number of aromatic nitrogens is 2. The van der Waals surface area contributed by atoms with E-state index in [0.717, 1.165) is 17.8 Å². The molecule has 0 unspecified atom stereocenters. The monoisotopic (exact) mass is 175 g/mol. The van der Waals surface area contributed by atoms with Crippen LogP contribution >= 0.6 is 0 Å². The molecule has 3 nitrogen and oxygen atoms in total. The van der Waals surface area contributed by atoms with Gasteiger partial charge in [-0.2, -0.15) is 0 Å². The average molecular weight is 175 g/mol. The van der Waals surface area contributed by atoms with Crippen molar-refractivity contribution < 1.29 is 0 Å². The van der Waals surface area contributed by atoms with Gasteiger partial charge in [0, 0.05) is 18.4 Å². The van der Waals surface area contributed by atoms with Crippen LogP contribution in [0.3, 0.4) is 0 Å². The second kappa shape index (κ2) is 3.18. The molecule has 0 fully saturated rings. The van der Waals surface area contributed by atoms with Gasteiger partial charge in [-0.1, -0.05) is 13.0 Å². The molecule has 13 heavy (non-hydrogen) atoms. The van der Waals surface area contributed by atoms with Crippen molar-refractivity contribution in [3.8, 4) is 0 Å². The Morgan fingerprint density at radius 2 is 2.31 bits per heavy atom. The zero-order valence-electron chi connectivity index (χ0n) is 7.70. The standard InChI is InChI=1S/C10H13N3/c1-2-9-8(7-11)12-10-5-3-4-6-13(9)10/h3-6H,2,7,11H2,1H3. The fourth-order valence-corrected chi connectivity index (χ4v) is 1.63. The molecule has 0 aromatic carbocycles. The number of aryl methyl sites for hydroxylation is 1. The molecule has 0 radical (unpaired) electrons. The maximum absolute atomic E-state index is 5.61. The predicted octanol–water partition coefficient (Wildman–Crippen LogP) is 1.36. The molecule has 0 aliphatic heterocycles. The van der Waals surface area contributed by atoms with Gasteiger partial charge in [-0.15, -0.1) is 0 Å². The minimum Gasteiger partial charge on any atom is -0.325 e. The Morgan fingerprint density at radius 1 is 1.46 bits per heavy atom. The van der Waals surface area contributed by atoms with Crippen molar-refractivity contribution in [2.24, 2.45) is 5.73 Å². The molecule has 0 atom stereocenters. The van der Waals surface area contributed by atoms with Crippen LogP contribution in [-0.4, -0.2) is 9.38 Å². The minimum atomic E-state index is 0.519. The molecule has 68 valence electrons. The van der Waals surface area contributed by atoms with Crippen LogP contribution in [0.4, 0.5) is 0 Å². The highest BCUT2D eigenvalue weighted by molar-refractivity contribution is 5.43. The van der Waals surface area contributed by atoms with Gasteiger partial charge < -0.3 is 10.1 Å². The Morgan fingerprint density at radius 3 is 3.00 bits per heavy atom. The third-order valence-electron chi connectivity index (χ3n) is 2.24. The van der Waals surface area contributed by atoms with Crippen LogP contribution in [0, 0.1) is 0 Å². The molecular formula is C10H13N3. The minimum absolute atomic E-state index is 0.519. The van der Waals surface area contributed by atoms with Gasteiger partial charge in [0.25, 0.3) is 0 Å². The second-order valence-corrected chi connectivity index (χ2v) is 2.99. The summed E-state index contributed by atoms with van der Waals surface area (Å²) in [6.07, 6.45) is 3.00. The average Bonchev–Trinajstić information content (AvgIpc) is 2.55. The van der Waals surface area contributed by atoms with Crippen LogP contribution in [0.5, 0.6) is 0 Å². The van der Waals surface area contributed by atoms with Crippen LogP contribution < -0.4 is 5.73 Å². The first-order valence-corrected chi connectivity index (χ1v) is 4.51. The smallest absolute Gasteiger partial charge is 0.137 e.